The fourth-order valence-corrected chi connectivity index (χ4v) is 2.59. The molecule has 2 N–H and O–H groups in total. The van der Waals surface area contributed by atoms with Gasteiger partial charge in [-0.2, -0.15) is 0 Å². The molecule has 17 heavy (non-hydrogen) atoms. The highest BCUT2D eigenvalue weighted by Gasteiger charge is 2.20. The molecule has 0 amide bonds. The Morgan fingerprint density at radius 2 is 2.29 bits per heavy atom. The maximum atomic E-state index is 13.8. The van der Waals surface area contributed by atoms with Crippen LogP contribution in [0.4, 0.5) is 4.39 Å². The third-order valence-corrected chi connectivity index (χ3v) is 3.78. The van der Waals surface area contributed by atoms with Gasteiger partial charge in [-0.3, -0.25) is 0 Å². The number of benzene rings is 1. The summed E-state index contributed by atoms with van der Waals surface area (Å²) in [6, 6.07) is 4.94. The first-order chi connectivity index (χ1) is 8.18. The topological polar surface area (TPSA) is 35.2 Å². The van der Waals surface area contributed by atoms with Gasteiger partial charge in [0.05, 0.1) is 10.6 Å². The minimum atomic E-state index is -0.296. The van der Waals surface area contributed by atoms with Crippen LogP contribution in [0.25, 0.3) is 0 Å². The lowest BCUT2D eigenvalue weighted by Gasteiger charge is -2.25. The van der Waals surface area contributed by atoms with Crippen molar-refractivity contribution in [1.82, 2.24) is 0 Å². The van der Waals surface area contributed by atoms with Crippen molar-refractivity contribution in [3.8, 4) is 0 Å². The maximum Gasteiger partial charge on any atom is 0.142 e. The molecule has 1 aromatic carbocycles. The van der Waals surface area contributed by atoms with Gasteiger partial charge in [0.1, 0.15) is 5.82 Å². The van der Waals surface area contributed by atoms with Gasteiger partial charge >= 0.3 is 0 Å². The van der Waals surface area contributed by atoms with Gasteiger partial charge in [-0.25, -0.2) is 4.39 Å². The fraction of sp³-hybridized carbons (Fsp3) is 0.538. The van der Waals surface area contributed by atoms with Crippen LogP contribution in [0.5, 0.6) is 0 Å². The SMILES string of the molecule is NC(CC1CCCCO1)c1cccc(Br)c1F. The average molecular weight is 302 g/mol. The van der Waals surface area contributed by atoms with Gasteiger partial charge in [0.2, 0.25) is 0 Å². The molecular formula is C13H17BrFNO. The summed E-state index contributed by atoms with van der Waals surface area (Å²) in [5.74, 6) is -0.254. The lowest BCUT2D eigenvalue weighted by molar-refractivity contribution is 0.00713. The summed E-state index contributed by atoms with van der Waals surface area (Å²) in [4.78, 5) is 0. The normalized spacial score (nSPS) is 22.4. The third-order valence-electron chi connectivity index (χ3n) is 3.17. The molecule has 1 aliphatic rings. The second-order valence-corrected chi connectivity index (χ2v) is 5.33. The Balaban J connectivity index is 2.03. The van der Waals surface area contributed by atoms with Crippen LogP contribution in [-0.2, 0) is 4.74 Å². The van der Waals surface area contributed by atoms with E-state index < -0.39 is 0 Å². The molecule has 2 nitrogen and oxygen atoms in total. The predicted molar refractivity (Wildman–Crippen MR) is 69.2 cm³/mol. The van der Waals surface area contributed by atoms with E-state index >= 15 is 0 Å². The summed E-state index contributed by atoms with van der Waals surface area (Å²) < 4.78 is 19.9. The van der Waals surface area contributed by atoms with Crippen LogP contribution < -0.4 is 5.73 Å². The summed E-state index contributed by atoms with van der Waals surface area (Å²) >= 11 is 3.18. The van der Waals surface area contributed by atoms with Crippen LogP contribution >= 0.6 is 15.9 Å². The number of hydrogen-bond donors (Lipinski definition) is 1. The molecule has 1 heterocycles. The molecule has 0 saturated carbocycles. The molecule has 2 rings (SSSR count). The molecule has 1 aromatic rings. The third kappa shape index (κ3) is 3.27. The van der Waals surface area contributed by atoms with E-state index in [0.29, 0.717) is 16.5 Å². The molecule has 0 radical (unpaired) electrons. The van der Waals surface area contributed by atoms with Crippen LogP contribution in [0.15, 0.2) is 22.7 Å². The Morgan fingerprint density at radius 1 is 1.47 bits per heavy atom. The first kappa shape index (κ1) is 13.0. The Hall–Kier alpha value is -0.450. The molecule has 2 atom stereocenters. The van der Waals surface area contributed by atoms with E-state index in [0.717, 1.165) is 19.4 Å². The van der Waals surface area contributed by atoms with Crippen LogP contribution in [0.3, 0.4) is 0 Å². The van der Waals surface area contributed by atoms with E-state index in [1.807, 2.05) is 6.07 Å². The molecular weight excluding hydrogens is 285 g/mol. The second kappa shape index (κ2) is 5.94. The molecule has 1 aliphatic heterocycles. The predicted octanol–water partition coefficient (Wildman–Crippen LogP) is 3.55. The van der Waals surface area contributed by atoms with Crippen LogP contribution in [-0.4, -0.2) is 12.7 Å². The van der Waals surface area contributed by atoms with Crippen LogP contribution in [0, 0.1) is 5.82 Å². The Labute approximate surface area is 109 Å². The fourth-order valence-electron chi connectivity index (χ4n) is 2.21. The smallest absolute Gasteiger partial charge is 0.142 e. The van der Waals surface area contributed by atoms with E-state index in [-0.39, 0.29) is 18.0 Å². The number of nitrogens with two attached hydrogens (primary N) is 1. The summed E-state index contributed by atoms with van der Waals surface area (Å²) in [5.41, 5.74) is 6.62. The first-order valence-electron chi connectivity index (χ1n) is 5.99. The molecule has 1 fully saturated rings. The molecule has 0 aliphatic carbocycles. The lowest BCUT2D eigenvalue weighted by atomic mass is 9.97. The van der Waals surface area contributed by atoms with Gasteiger partial charge in [0, 0.05) is 18.2 Å². The van der Waals surface area contributed by atoms with Crippen molar-refractivity contribution in [2.75, 3.05) is 6.61 Å². The first-order valence-corrected chi connectivity index (χ1v) is 6.79. The molecule has 2 unspecified atom stereocenters. The quantitative estimate of drug-likeness (QED) is 0.927. The van der Waals surface area contributed by atoms with Gasteiger partial charge in [-0.1, -0.05) is 12.1 Å². The lowest BCUT2D eigenvalue weighted by Crippen LogP contribution is -2.25. The zero-order valence-electron chi connectivity index (χ0n) is 9.66. The van der Waals surface area contributed by atoms with Gasteiger partial charge < -0.3 is 10.5 Å². The zero-order chi connectivity index (χ0) is 12.3. The molecule has 1 saturated heterocycles. The van der Waals surface area contributed by atoms with Crippen LogP contribution in [0.2, 0.25) is 0 Å². The maximum absolute atomic E-state index is 13.8. The van der Waals surface area contributed by atoms with Crippen LogP contribution in [0.1, 0.15) is 37.3 Å². The summed E-state index contributed by atoms with van der Waals surface area (Å²) in [5, 5.41) is 0. The number of ether oxygens (including phenoxy) is 1. The minimum absolute atomic E-state index is 0.178. The van der Waals surface area contributed by atoms with Gasteiger partial charge in [0.25, 0.3) is 0 Å². The summed E-state index contributed by atoms with van der Waals surface area (Å²) in [6.45, 7) is 0.804. The average Bonchev–Trinajstić information content (AvgIpc) is 2.34. The number of rotatable bonds is 3. The van der Waals surface area contributed by atoms with Gasteiger partial charge in [0.15, 0.2) is 0 Å². The Kier molecular flexibility index (Phi) is 4.54. The molecule has 0 spiro atoms. The van der Waals surface area contributed by atoms with Crippen molar-refractivity contribution in [2.45, 2.75) is 37.8 Å². The van der Waals surface area contributed by atoms with E-state index in [1.165, 1.54) is 6.42 Å². The zero-order valence-corrected chi connectivity index (χ0v) is 11.2. The van der Waals surface area contributed by atoms with E-state index in [4.69, 9.17) is 10.5 Å². The van der Waals surface area contributed by atoms with E-state index in [1.54, 1.807) is 12.1 Å². The molecule has 4 heteroatoms. The van der Waals surface area contributed by atoms with Crippen molar-refractivity contribution in [1.29, 1.82) is 0 Å². The van der Waals surface area contributed by atoms with E-state index in [2.05, 4.69) is 15.9 Å². The Morgan fingerprint density at radius 3 is 3.00 bits per heavy atom. The van der Waals surface area contributed by atoms with Gasteiger partial charge in [-0.05, 0) is 47.7 Å². The van der Waals surface area contributed by atoms with Crippen molar-refractivity contribution < 1.29 is 9.13 Å². The summed E-state index contributed by atoms with van der Waals surface area (Å²) in [7, 11) is 0. The monoisotopic (exact) mass is 301 g/mol. The van der Waals surface area contributed by atoms with E-state index in [9.17, 15) is 4.39 Å². The standard InChI is InChI=1S/C13H17BrFNO/c14-11-6-3-5-10(13(11)15)12(16)8-9-4-1-2-7-17-9/h3,5-6,9,12H,1-2,4,7-8,16H2. The van der Waals surface area contributed by atoms with Crippen molar-refractivity contribution in [2.24, 2.45) is 5.73 Å². The number of hydrogen-bond acceptors (Lipinski definition) is 2. The minimum Gasteiger partial charge on any atom is -0.378 e. The highest BCUT2D eigenvalue weighted by atomic mass is 79.9. The second-order valence-electron chi connectivity index (χ2n) is 4.47. The van der Waals surface area contributed by atoms with Crippen molar-refractivity contribution in [3.05, 3.63) is 34.1 Å². The Bertz CT molecular complexity index is 380. The summed E-state index contributed by atoms with van der Waals surface area (Å²) in [6.07, 6.45) is 4.20. The molecule has 0 bridgehead atoms. The highest BCUT2D eigenvalue weighted by molar-refractivity contribution is 9.10. The van der Waals surface area contributed by atoms with Crippen molar-refractivity contribution in [3.63, 3.8) is 0 Å². The number of halogens is 2. The van der Waals surface area contributed by atoms with Crippen molar-refractivity contribution >= 4 is 15.9 Å². The largest absolute Gasteiger partial charge is 0.378 e. The van der Waals surface area contributed by atoms with Gasteiger partial charge in [-0.15, -0.1) is 0 Å². The molecule has 94 valence electrons. The highest BCUT2D eigenvalue weighted by Crippen LogP contribution is 2.27. The molecule has 0 aromatic heterocycles.